The number of esters is 1. The van der Waals surface area contributed by atoms with Crippen molar-refractivity contribution in [2.24, 2.45) is 7.05 Å². The Morgan fingerprint density at radius 2 is 1.97 bits per heavy atom. The summed E-state index contributed by atoms with van der Waals surface area (Å²) in [7, 11) is 4.21. The monoisotopic (exact) mass is 431 g/mol. The third-order valence-corrected chi connectivity index (χ3v) is 5.23. The van der Waals surface area contributed by atoms with Gasteiger partial charge in [0.1, 0.15) is 12.3 Å². The van der Waals surface area contributed by atoms with E-state index in [0.717, 1.165) is 10.3 Å². The van der Waals surface area contributed by atoms with Crippen molar-refractivity contribution in [2.45, 2.75) is 13.5 Å². The first-order chi connectivity index (χ1) is 14.3. The molecule has 1 aromatic carbocycles. The minimum atomic E-state index is -0.698. The van der Waals surface area contributed by atoms with Gasteiger partial charge in [0.15, 0.2) is 11.2 Å². The Kier molecular flexibility index (Phi) is 4.65. The van der Waals surface area contributed by atoms with E-state index in [-0.39, 0.29) is 11.2 Å². The summed E-state index contributed by atoms with van der Waals surface area (Å²) in [6.07, 6.45) is 1.73. The molecule has 0 saturated carbocycles. The molecule has 4 rings (SSSR count). The molecule has 0 aliphatic carbocycles. The number of halogens is 1. The van der Waals surface area contributed by atoms with Crippen LogP contribution in [0.2, 0.25) is 5.02 Å². The number of carbonyl (C=O) groups excluding carboxylic acids is 1. The zero-order valence-electron chi connectivity index (χ0n) is 16.7. The molecule has 0 aliphatic rings. The molecule has 3 heterocycles. The van der Waals surface area contributed by atoms with Gasteiger partial charge in [-0.15, -0.1) is 0 Å². The van der Waals surface area contributed by atoms with Crippen molar-refractivity contribution in [3.63, 3.8) is 0 Å². The number of aryl methyl sites for hydroxylation is 2. The van der Waals surface area contributed by atoms with Crippen LogP contribution >= 0.6 is 11.6 Å². The van der Waals surface area contributed by atoms with Crippen LogP contribution in [0.1, 0.15) is 5.69 Å². The van der Waals surface area contributed by atoms with Gasteiger partial charge in [0.25, 0.3) is 5.56 Å². The summed E-state index contributed by atoms with van der Waals surface area (Å²) >= 11 is 6.27. The highest BCUT2D eigenvalue weighted by molar-refractivity contribution is 6.32. The molecule has 0 radical (unpaired) electrons. The minimum absolute atomic E-state index is 0.178. The van der Waals surface area contributed by atoms with Gasteiger partial charge in [0.2, 0.25) is 5.78 Å². The molecule has 3 aromatic heterocycles. The third kappa shape index (κ3) is 2.79. The van der Waals surface area contributed by atoms with Crippen LogP contribution in [0, 0.1) is 6.92 Å². The van der Waals surface area contributed by atoms with Crippen LogP contribution in [0.4, 0.5) is 0 Å². The Hall–Kier alpha value is -3.53. The van der Waals surface area contributed by atoms with Crippen molar-refractivity contribution < 1.29 is 14.3 Å². The van der Waals surface area contributed by atoms with Crippen molar-refractivity contribution in [2.75, 3.05) is 14.2 Å². The van der Waals surface area contributed by atoms with Gasteiger partial charge < -0.3 is 9.47 Å². The maximum absolute atomic E-state index is 13.1. The van der Waals surface area contributed by atoms with Gasteiger partial charge >= 0.3 is 11.7 Å². The van der Waals surface area contributed by atoms with E-state index in [1.54, 1.807) is 27.3 Å². The average molecular weight is 432 g/mol. The molecular weight excluding hydrogens is 414 g/mol. The molecule has 156 valence electrons. The smallest absolute Gasteiger partial charge is 0.333 e. The fourth-order valence-corrected chi connectivity index (χ4v) is 3.71. The molecule has 11 heteroatoms. The van der Waals surface area contributed by atoms with Crippen LogP contribution in [-0.4, -0.2) is 43.3 Å². The maximum Gasteiger partial charge on any atom is 0.333 e. The van der Waals surface area contributed by atoms with Crippen LogP contribution in [-0.2, 0) is 23.1 Å². The van der Waals surface area contributed by atoms with Crippen LogP contribution in [0.25, 0.3) is 22.6 Å². The number of hydrogen-bond donors (Lipinski definition) is 0. The molecule has 0 N–H and O–H groups in total. The van der Waals surface area contributed by atoms with Crippen molar-refractivity contribution in [1.82, 2.24) is 23.1 Å². The van der Waals surface area contributed by atoms with Gasteiger partial charge in [-0.05, 0) is 25.1 Å². The molecule has 30 heavy (non-hydrogen) atoms. The highest BCUT2D eigenvalue weighted by Gasteiger charge is 2.22. The van der Waals surface area contributed by atoms with Crippen molar-refractivity contribution in [3.8, 4) is 11.4 Å². The molecular formula is C19H18ClN5O5. The van der Waals surface area contributed by atoms with Gasteiger partial charge in [-0.1, -0.05) is 11.6 Å². The first kappa shape index (κ1) is 19.8. The number of hydrogen-bond acceptors (Lipinski definition) is 6. The van der Waals surface area contributed by atoms with Crippen LogP contribution in [0.15, 0.2) is 34.0 Å². The van der Waals surface area contributed by atoms with E-state index >= 15 is 0 Å². The summed E-state index contributed by atoms with van der Waals surface area (Å²) in [4.78, 5) is 41.9. The molecule has 0 saturated heterocycles. The number of methoxy groups -OCH3 is 2. The van der Waals surface area contributed by atoms with E-state index in [1.165, 1.54) is 25.8 Å². The van der Waals surface area contributed by atoms with Gasteiger partial charge in [-0.3, -0.25) is 23.1 Å². The quantitative estimate of drug-likeness (QED) is 0.451. The lowest BCUT2D eigenvalue weighted by Crippen LogP contribution is -2.41. The first-order valence-corrected chi connectivity index (χ1v) is 9.27. The fourth-order valence-electron chi connectivity index (χ4n) is 3.46. The SMILES string of the molecule is COC(=O)Cn1c(=O)c2c(nc3n(-c4ccc(OC)c(Cl)c4)c(C)cn23)n(C)c1=O. The minimum Gasteiger partial charge on any atom is -0.495 e. The highest BCUT2D eigenvalue weighted by Crippen LogP contribution is 2.29. The number of ether oxygens (including phenoxy) is 2. The van der Waals surface area contributed by atoms with E-state index in [2.05, 4.69) is 9.72 Å². The number of imidazole rings is 2. The first-order valence-electron chi connectivity index (χ1n) is 8.89. The summed E-state index contributed by atoms with van der Waals surface area (Å²) in [5.41, 5.74) is 0.592. The third-order valence-electron chi connectivity index (χ3n) is 4.93. The molecule has 0 spiro atoms. The Bertz CT molecular complexity index is 1440. The molecule has 0 fully saturated rings. The van der Waals surface area contributed by atoms with Gasteiger partial charge in [0.05, 0.1) is 24.9 Å². The van der Waals surface area contributed by atoms with Crippen LogP contribution in [0.3, 0.4) is 0 Å². The van der Waals surface area contributed by atoms with E-state index in [4.69, 9.17) is 16.3 Å². The van der Waals surface area contributed by atoms with E-state index in [9.17, 15) is 14.4 Å². The van der Waals surface area contributed by atoms with Crippen molar-refractivity contribution in [3.05, 3.63) is 56.0 Å². The van der Waals surface area contributed by atoms with Gasteiger partial charge in [0, 0.05) is 18.9 Å². The fraction of sp³-hybridized carbons (Fsp3) is 0.263. The lowest BCUT2D eigenvalue weighted by atomic mass is 10.3. The zero-order chi connectivity index (χ0) is 21.7. The molecule has 4 aromatic rings. The Balaban J connectivity index is 2.04. The van der Waals surface area contributed by atoms with Crippen molar-refractivity contribution in [1.29, 1.82) is 0 Å². The Morgan fingerprint density at radius 1 is 1.23 bits per heavy atom. The normalized spacial score (nSPS) is 11.4. The Labute approximate surface area is 174 Å². The molecule has 0 bridgehead atoms. The number of rotatable bonds is 4. The standard InChI is InChI=1S/C19H18ClN5O5/c1-10-8-23-15-16(22(2)19(28)24(17(15)27)9-14(26)30-4)21-18(23)25(10)11-5-6-13(29-3)12(20)7-11/h5-8H,9H2,1-4H3. The van der Waals surface area contributed by atoms with Crippen LogP contribution in [0.5, 0.6) is 5.75 Å². The van der Waals surface area contributed by atoms with Gasteiger partial charge in [-0.2, -0.15) is 4.98 Å². The number of carbonyl (C=O) groups is 1. The van der Waals surface area contributed by atoms with Gasteiger partial charge in [-0.25, -0.2) is 9.36 Å². The zero-order valence-corrected chi connectivity index (χ0v) is 17.4. The molecule has 10 nitrogen and oxygen atoms in total. The van der Waals surface area contributed by atoms with Crippen LogP contribution < -0.4 is 16.0 Å². The second-order valence-electron chi connectivity index (χ2n) is 6.69. The number of fused-ring (bicyclic) bond motifs is 3. The lowest BCUT2D eigenvalue weighted by molar-refractivity contribution is -0.141. The topological polar surface area (TPSA) is 102 Å². The van der Waals surface area contributed by atoms with E-state index < -0.39 is 23.8 Å². The molecule has 0 aliphatic heterocycles. The molecule has 0 atom stereocenters. The summed E-state index contributed by atoms with van der Waals surface area (Å²) in [5, 5.41) is 0.421. The predicted octanol–water partition coefficient (Wildman–Crippen LogP) is 1.28. The molecule has 0 amide bonds. The number of benzene rings is 1. The van der Waals surface area contributed by atoms with E-state index in [0.29, 0.717) is 22.2 Å². The highest BCUT2D eigenvalue weighted by atomic mass is 35.5. The van der Waals surface area contributed by atoms with E-state index in [1.807, 2.05) is 13.0 Å². The largest absolute Gasteiger partial charge is 0.495 e. The predicted molar refractivity (Wildman–Crippen MR) is 110 cm³/mol. The van der Waals surface area contributed by atoms with Crippen molar-refractivity contribution >= 4 is 34.5 Å². The second kappa shape index (κ2) is 7.06. The summed E-state index contributed by atoms with van der Waals surface area (Å²) in [6, 6.07) is 5.27. The summed E-state index contributed by atoms with van der Waals surface area (Å²) in [5.74, 6) is 0.255. The lowest BCUT2D eigenvalue weighted by Gasteiger charge is -2.09. The second-order valence-corrected chi connectivity index (χ2v) is 7.09. The summed E-state index contributed by atoms with van der Waals surface area (Å²) < 4.78 is 15.3. The average Bonchev–Trinajstić information content (AvgIpc) is 3.23. The number of aromatic nitrogens is 5. The molecule has 0 unspecified atom stereocenters. The maximum atomic E-state index is 13.1. The Morgan fingerprint density at radius 3 is 2.60 bits per heavy atom. The number of nitrogens with zero attached hydrogens (tertiary/aromatic N) is 5. The summed E-state index contributed by atoms with van der Waals surface area (Å²) in [6.45, 7) is 1.37.